The third-order valence-corrected chi connectivity index (χ3v) is 7.13. The second kappa shape index (κ2) is 9.39. The van der Waals surface area contributed by atoms with Crippen molar-refractivity contribution in [2.75, 3.05) is 5.75 Å². The topological polar surface area (TPSA) is 44.2 Å². The van der Waals surface area contributed by atoms with Gasteiger partial charge < -0.3 is 9.47 Å². The van der Waals surface area contributed by atoms with E-state index >= 15 is 0 Å². The van der Waals surface area contributed by atoms with Gasteiger partial charge >= 0.3 is 0 Å². The summed E-state index contributed by atoms with van der Waals surface area (Å²) in [5, 5.41) is 1.54. The van der Waals surface area contributed by atoms with Gasteiger partial charge in [-0.05, 0) is 83.6 Å². The predicted molar refractivity (Wildman–Crippen MR) is 132 cm³/mol. The Morgan fingerprint density at radius 2 is 1.86 bits per heavy atom. The molecule has 0 fully saturated rings. The number of nitrogens with zero attached hydrogens (tertiary/aromatic N) is 2. The van der Waals surface area contributed by atoms with Crippen LogP contribution >= 0.6 is 50.3 Å². The monoisotopic (exact) mass is 586 g/mol. The van der Waals surface area contributed by atoms with E-state index < -0.39 is 0 Å². The third kappa shape index (κ3) is 5.55. The highest BCUT2D eigenvalue weighted by atomic mass is 127. The average molecular weight is 587 g/mol. The van der Waals surface area contributed by atoms with Gasteiger partial charge in [0, 0.05) is 3.57 Å². The maximum atomic E-state index is 6.44. The molecule has 0 unspecified atom stereocenters. The van der Waals surface area contributed by atoms with Crippen LogP contribution in [0.15, 0.2) is 46.0 Å². The first-order valence-electron chi connectivity index (χ1n) is 9.42. The number of aromatic nitrogens is 2. The van der Waals surface area contributed by atoms with E-state index in [-0.39, 0.29) is 11.7 Å². The molecule has 0 saturated carbocycles. The minimum Gasteiger partial charge on any atom is -0.482 e. The van der Waals surface area contributed by atoms with Crippen LogP contribution in [0.2, 0.25) is 0 Å². The Balaban J connectivity index is 2.18. The minimum atomic E-state index is -0.369. The van der Waals surface area contributed by atoms with Crippen LogP contribution in [0.4, 0.5) is 0 Å². The second-order valence-electron chi connectivity index (χ2n) is 7.53. The molecule has 0 aliphatic carbocycles. The zero-order valence-corrected chi connectivity index (χ0v) is 21.7. The van der Waals surface area contributed by atoms with E-state index in [1.807, 2.05) is 52.0 Å². The lowest BCUT2D eigenvalue weighted by molar-refractivity contribution is 0.125. The highest BCUT2D eigenvalue weighted by Crippen LogP contribution is 2.42. The second-order valence-corrected chi connectivity index (χ2v) is 10.7. The molecule has 1 atom stereocenters. The summed E-state index contributed by atoms with van der Waals surface area (Å²) in [5.74, 6) is 2.17. The van der Waals surface area contributed by atoms with Crippen LogP contribution < -0.4 is 9.47 Å². The fourth-order valence-corrected chi connectivity index (χ4v) is 4.29. The summed E-state index contributed by atoms with van der Waals surface area (Å²) in [6.45, 7) is 10.2. The molecule has 0 amide bonds. The van der Waals surface area contributed by atoms with Gasteiger partial charge in [0.1, 0.15) is 17.2 Å². The fourth-order valence-electron chi connectivity index (χ4n) is 2.77. The van der Waals surface area contributed by atoms with Crippen molar-refractivity contribution in [3.8, 4) is 11.6 Å². The van der Waals surface area contributed by atoms with Crippen LogP contribution in [-0.4, -0.2) is 21.3 Å². The molecule has 29 heavy (non-hydrogen) atoms. The highest BCUT2D eigenvalue weighted by Gasteiger charge is 2.23. The van der Waals surface area contributed by atoms with Crippen LogP contribution in [0.5, 0.6) is 11.6 Å². The van der Waals surface area contributed by atoms with E-state index in [0.29, 0.717) is 16.8 Å². The number of ether oxygens (including phenoxy) is 2. The molecule has 0 aliphatic rings. The van der Waals surface area contributed by atoms with Crippen molar-refractivity contribution in [3.05, 3.63) is 50.0 Å². The normalized spacial score (nSPS) is 12.8. The Labute approximate surface area is 198 Å². The molecule has 2 aromatic carbocycles. The largest absolute Gasteiger partial charge is 0.482 e. The molecule has 1 aromatic heterocycles. The van der Waals surface area contributed by atoms with Gasteiger partial charge in [-0.2, -0.15) is 4.98 Å². The zero-order chi connectivity index (χ0) is 21.2. The van der Waals surface area contributed by atoms with Gasteiger partial charge in [-0.25, -0.2) is 4.98 Å². The van der Waals surface area contributed by atoms with Crippen molar-refractivity contribution in [3.63, 3.8) is 0 Å². The first-order chi connectivity index (χ1) is 13.7. The van der Waals surface area contributed by atoms with E-state index in [9.17, 15) is 0 Å². The summed E-state index contributed by atoms with van der Waals surface area (Å²) < 4.78 is 14.5. The molecule has 0 spiro atoms. The Kier molecular flexibility index (Phi) is 7.32. The molecule has 0 N–H and O–H groups in total. The van der Waals surface area contributed by atoms with Crippen LogP contribution in [0.1, 0.15) is 46.3 Å². The molecule has 0 radical (unpaired) electrons. The summed E-state index contributed by atoms with van der Waals surface area (Å²) in [7, 11) is 0. The van der Waals surface area contributed by atoms with Gasteiger partial charge in [0.05, 0.1) is 9.86 Å². The molecule has 0 aliphatic heterocycles. The highest BCUT2D eigenvalue weighted by molar-refractivity contribution is 14.1. The quantitative estimate of drug-likeness (QED) is 0.171. The molecule has 0 saturated heterocycles. The molecular formula is C22H24BrIN2O2S. The van der Waals surface area contributed by atoms with Crippen molar-refractivity contribution < 1.29 is 9.47 Å². The molecular weight excluding hydrogens is 563 g/mol. The van der Waals surface area contributed by atoms with Crippen LogP contribution in [0.25, 0.3) is 10.9 Å². The standard InChI is InChI=1S/C22H24BrIN2O2S/c1-6-29-21-25-18-15(20(26-21)28-22(3,4)5)12-16(24)17(23)19(18)27-13(2)14-10-8-7-9-11-14/h7-13H,6H2,1-5H3/t13-/m0/s1. The Bertz CT molecular complexity index is 1010. The van der Waals surface area contributed by atoms with Crippen molar-refractivity contribution >= 4 is 61.2 Å². The first kappa shape index (κ1) is 22.6. The van der Waals surface area contributed by atoms with E-state index in [4.69, 9.17) is 14.5 Å². The van der Waals surface area contributed by atoms with Crippen molar-refractivity contribution in [2.24, 2.45) is 0 Å². The molecule has 0 bridgehead atoms. The lowest BCUT2D eigenvalue weighted by atomic mass is 10.1. The SMILES string of the molecule is CCSc1nc(OC(C)(C)C)c2cc(I)c(Br)c(O[C@@H](C)c3ccccc3)c2n1. The van der Waals surface area contributed by atoms with Crippen LogP contribution in [0.3, 0.4) is 0 Å². The van der Waals surface area contributed by atoms with Gasteiger partial charge in [-0.15, -0.1) is 0 Å². The lowest BCUT2D eigenvalue weighted by Gasteiger charge is -2.23. The Morgan fingerprint density at radius 3 is 2.48 bits per heavy atom. The van der Waals surface area contributed by atoms with E-state index in [1.54, 1.807) is 11.8 Å². The Morgan fingerprint density at radius 1 is 1.17 bits per heavy atom. The summed E-state index contributed by atoms with van der Waals surface area (Å²) >= 11 is 7.60. The van der Waals surface area contributed by atoms with Crippen molar-refractivity contribution in [1.29, 1.82) is 0 Å². The third-order valence-electron chi connectivity index (χ3n) is 4.03. The van der Waals surface area contributed by atoms with Crippen molar-refractivity contribution in [1.82, 2.24) is 9.97 Å². The zero-order valence-electron chi connectivity index (χ0n) is 17.1. The van der Waals surface area contributed by atoms with E-state index in [2.05, 4.69) is 62.6 Å². The molecule has 154 valence electrons. The summed E-state index contributed by atoms with van der Waals surface area (Å²) in [5.41, 5.74) is 1.49. The maximum Gasteiger partial charge on any atom is 0.226 e. The number of benzene rings is 2. The lowest BCUT2D eigenvalue weighted by Crippen LogP contribution is -2.24. The van der Waals surface area contributed by atoms with Crippen molar-refractivity contribution in [2.45, 2.75) is 51.5 Å². The summed E-state index contributed by atoms with van der Waals surface area (Å²) in [6, 6.07) is 12.2. The van der Waals surface area contributed by atoms with Gasteiger partial charge in [-0.3, -0.25) is 0 Å². The first-order valence-corrected chi connectivity index (χ1v) is 12.3. The fraction of sp³-hybridized carbons (Fsp3) is 0.364. The summed E-state index contributed by atoms with van der Waals surface area (Å²) in [4.78, 5) is 9.50. The van der Waals surface area contributed by atoms with Gasteiger partial charge in [-0.1, -0.05) is 49.0 Å². The molecule has 3 aromatic rings. The number of halogens is 2. The molecule has 7 heteroatoms. The number of hydrogen-bond acceptors (Lipinski definition) is 5. The van der Waals surface area contributed by atoms with E-state index in [0.717, 1.165) is 30.3 Å². The Hall–Kier alpha value is -1.06. The maximum absolute atomic E-state index is 6.44. The van der Waals surface area contributed by atoms with E-state index in [1.165, 1.54) is 0 Å². The number of rotatable bonds is 6. The predicted octanol–water partition coefficient (Wildman–Crippen LogP) is 7.43. The average Bonchev–Trinajstić information content (AvgIpc) is 2.66. The number of fused-ring (bicyclic) bond motifs is 1. The summed E-state index contributed by atoms with van der Waals surface area (Å²) in [6.07, 6.45) is -0.127. The molecule has 3 rings (SSSR count). The van der Waals surface area contributed by atoms with Gasteiger partial charge in [0.25, 0.3) is 0 Å². The van der Waals surface area contributed by atoms with Crippen LogP contribution in [-0.2, 0) is 0 Å². The molecule has 4 nitrogen and oxygen atoms in total. The molecule has 1 heterocycles. The van der Waals surface area contributed by atoms with Crippen LogP contribution in [0, 0.1) is 3.57 Å². The minimum absolute atomic E-state index is 0.127. The van der Waals surface area contributed by atoms with Gasteiger partial charge in [0.2, 0.25) is 5.88 Å². The van der Waals surface area contributed by atoms with Gasteiger partial charge in [0.15, 0.2) is 10.9 Å². The number of hydrogen-bond donors (Lipinski definition) is 0. The number of thioether (sulfide) groups is 1. The smallest absolute Gasteiger partial charge is 0.226 e.